The summed E-state index contributed by atoms with van der Waals surface area (Å²) in [7, 11) is 0. The van der Waals surface area contributed by atoms with Gasteiger partial charge in [-0.05, 0) is 17.9 Å². The fraction of sp³-hybridized carbons (Fsp3) is 0.462. The molecule has 0 aromatic heterocycles. The quantitative estimate of drug-likeness (QED) is 0.878. The van der Waals surface area contributed by atoms with Crippen LogP contribution in [-0.2, 0) is 0 Å². The molecule has 0 bridgehead atoms. The van der Waals surface area contributed by atoms with Gasteiger partial charge in [0.25, 0.3) is 0 Å². The standard InChI is InChI=1S/C13H15F3N2/c1-10(11-5-3-2-4-6-11)7-12(8-17)18-9-13(14,15)16/h2-6,10,12,18H,7,9H2,1H3. The third-order valence-electron chi connectivity index (χ3n) is 2.66. The molecule has 0 fully saturated rings. The van der Waals surface area contributed by atoms with E-state index in [1.54, 1.807) is 0 Å². The van der Waals surface area contributed by atoms with E-state index in [4.69, 9.17) is 5.26 Å². The molecule has 0 heterocycles. The summed E-state index contributed by atoms with van der Waals surface area (Å²) in [6.45, 7) is 0.766. The first-order valence-corrected chi connectivity index (χ1v) is 5.67. The SMILES string of the molecule is CC(CC(C#N)NCC(F)(F)F)c1ccccc1. The topological polar surface area (TPSA) is 35.8 Å². The molecule has 1 N–H and O–H groups in total. The minimum Gasteiger partial charge on any atom is -0.294 e. The second-order valence-corrected chi connectivity index (χ2v) is 4.23. The number of nitrogens with one attached hydrogen (secondary N) is 1. The van der Waals surface area contributed by atoms with Crippen molar-refractivity contribution in [3.05, 3.63) is 35.9 Å². The summed E-state index contributed by atoms with van der Waals surface area (Å²) in [6, 6.07) is 10.5. The average Bonchev–Trinajstić information content (AvgIpc) is 2.34. The molecule has 18 heavy (non-hydrogen) atoms. The van der Waals surface area contributed by atoms with Crippen molar-refractivity contribution in [1.29, 1.82) is 5.26 Å². The Kier molecular flexibility index (Phi) is 5.17. The number of nitrogens with zero attached hydrogens (tertiary/aromatic N) is 1. The van der Waals surface area contributed by atoms with E-state index >= 15 is 0 Å². The van der Waals surface area contributed by atoms with E-state index in [9.17, 15) is 13.2 Å². The molecule has 1 aromatic rings. The van der Waals surface area contributed by atoms with Crippen molar-refractivity contribution in [1.82, 2.24) is 5.32 Å². The lowest BCUT2D eigenvalue weighted by molar-refractivity contribution is -0.125. The molecule has 2 unspecified atom stereocenters. The molecule has 0 saturated heterocycles. The van der Waals surface area contributed by atoms with Crippen LogP contribution in [0.25, 0.3) is 0 Å². The van der Waals surface area contributed by atoms with Gasteiger partial charge in [-0.3, -0.25) is 5.32 Å². The Morgan fingerprint density at radius 3 is 2.39 bits per heavy atom. The van der Waals surface area contributed by atoms with E-state index in [1.807, 2.05) is 43.3 Å². The summed E-state index contributed by atoms with van der Waals surface area (Å²) in [4.78, 5) is 0. The van der Waals surface area contributed by atoms with Crippen molar-refractivity contribution in [3.8, 4) is 6.07 Å². The Morgan fingerprint density at radius 1 is 1.28 bits per heavy atom. The van der Waals surface area contributed by atoms with Crippen LogP contribution >= 0.6 is 0 Å². The van der Waals surface area contributed by atoms with Gasteiger partial charge in [-0.1, -0.05) is 37.3 Å². The van der Waals surface area contributed by atoms with Gasteiger partial charge in [0.15, 0.2) is 0 Å². The third-order valence-corrected chi connectivity index (χ3v) is 2.66. The van der Waals surface area contributed by atoms with Gasteiger partial charge in [0.1, 0.15) is 0 Å². The van der Waals surface area contributed by atoms with Crippen LogP contribution in [0.3, 0.4) is 0 Å². The predicted molar refractivity (Wildman–Crippen MR) is 62.9 cm³/mol. The van der Waals surface area contributed by atoms with Crippen LogP contribution in [0.5, 0.6) is 0 Å². The second-order valence-electron chi connectivity index (χ2n) is 4.23. The van der Waals surface area contributed by atoms with Crippen LogP contribution in [0.2, 0.25) is 0 Å². The number of benzene rings is 1. The molecule has 2 nitrogen and oxygen atoms in total. The molecule has 0 amide bonds. The van der Waals surface area contributed by atoms with Crippen molar-refractivity contribution in [2.45, 2.75) is 31.5 Å². The maximum Gasteiger partial charge on any atom is 0.401 e. The number of hydrogen-bond acceptors (Lipinski definition) is 2. The van der Waals surface area contributed by atoms with Gasteiger partial charge in [0.2, 0.25) is 0 Å². The van der Waals surface area contributed by atoms with Crippen LogP contribution in [-0.4, -0.2) is 18.8 Å². The molecule has 0 aliphatic rings. The lowest BCUT2D eigenvalue weighted by atomic mass is 9.94. The van der Waals surface area contributed by atoms with E-state index in [-0.39, 0.29) is 5.92 Å². The zero-order valence-corrected chi connectivity index (χ0v) is 10.0. The van der Waals surface area contributed by atoms with Crippen LogP contribution in [0.15, 0.2) is 30.3 Å². The van der Waals surface area contributed by atoms with Gasteiger partial charge in [-0.25, -0.2) is 0 Å². The number of rotatable bonds is 5. The minimum atomic E-state index is -4.29. The molecule has 0 aliphatic carbocycles. The highest BCUT2D eigenvalue weighted by Crippen LogP contribution is 2.20. The lowest BCUT2D eigenvalue weighted by Crippen LogP contribution is -2.36. The van der Waals surface area contributed by atoms with Crippen LogP contribution in [0.1, 0.15) is 24.8 Å². The molecule has 5 heteroatoms. The lowest BCUT2D eigenvalue weighted by Gasteiger charge is -2.18. The highest BCUT2D eigenvalue weighted by Gasteiger charge is 2.28. The van der Waals surface area contributed by atoms with E-state index < -0.39 is 18.8 Å². The van der Waals surface area contributed by atoms with Crippen molar-refractivity contribution in [2.24, 2.45) is 0 Å². The molecule has 0 aliphatic heterocycles. The van der Waals surface area contributed by atoms with Gasteiger partial charge in [-0.15, -0.1) is 0 Å². The van der Waals surface area contributed by atoms with Crippen molar-refractivity contribution < 1.29 is 13.2 Å². The van der Waals surface area contributed by atoms with E-state index in [0.29, 0.717) is 6.42 Å². The smallest absolute Gasteiger partial charge is 0.294 e. The Labute approximate surface area is 104 Å². The van der Waals surface area contributed by atoms with Gasteiger partial charge < -0.3 is 0 Å². The van der Waals surface area contributed by atoms with Gasteiger partial charge >= 0.3 is 6.18 Å². The number of hydrogen-bond donors (Lipinski definition) is 1. The van der Waals surface area contributed by atoms with Crippen molar-refractivity contribution in [2.75, 3.05) is 6.54 Å². The summed E-state index contributed by atoms with van der Waals surface area (Å²) in [5, 5.41) is 11.1. The number of nitriles is 1. The highest BCUT2D eigenvalue weighted by atomic mass is 19.4. The normalized spacial score (nSPS) is 14.8. The summed E-state index contributed by atoms with van der Waals surface area (Å²) in [5.41, 5.74) is 1.02. The summed E-state index contributed by atoms with van der Waals surface area (Å²) < 4.78 is 36.1. The van der Waals surface area contributed by atoms with Crippen LogP contribution in [0, 0.1) is 11.3 Å². The highest BCUT2D eigenvalue weighted by molar-refractivity contribution is 5.19. The fourth-order valence-electron chi connectivity index (χ4n) is 1.69. The van der Waals surface area contributed by atoms with Gasteiger partial charge in [-0.2, -0.15) is 18.4 Å². The minimum absolute atomic E-state index is 0.0385. The predicted octanol–water partition coefficient (Wildman–Crippen LogP) is 3.22. The molecule has 0 radical (unpaired) electrons. The molecule has 1 aromatic carbocycles. The monoisotopic (exact) mass is 256 g/mol. The summed E-state index contributed by atoms with van der Waals surface area (Å²) >= 11 is 0. The zero-order chi connectivity index (χ0) is 13.6. The first kappa shape index (κ1) is 14.5. The fourth-order valence-corrected chi connectivity index (χ4v) is 1.69. The van der Waals surface area contributed by atoms with E-state index in [2.05, 4.69) is 5.32 Å². The molecule has 0 spiro atoms. The maximum absolute atomic E-state index is 12.0. The largest absolute Gasteiger partial charge is 0.401 e. The Balaban J connectivity index is 2.51. The van der Waals surface area contributed by atoms with Crippen LogP contribution < -0.4 is 5.32 Å². The zero-order valence-electron chi connectivity index (χ0n) is 10.0. The molecule has 2 atom stereocenters. The number of halogens is 3. The summed E-state index contributed by atoms with van der Waals surface area (Å²) in [6.07, 6.45) is -3.93. The average molecular weight is 256 g/mol. The van der Waals surface area contributed by atoms with Crippen molar-refractivity contribution in [3.63, 3.8) is 0 Å². The van der Waals surface area contributed by atoms with Crippen LogP contribution in [0.4, 0.5) is 13.2 Å². The Morgan fingerprint density at radius 2 is 1.89 bits per heavy atom. The van der Waals surface area contributed by atoms with Crippen molar-refractivity contribution >= 4 is 0 Å². The first-order chi connectivity index (χ1) is 8.42. The number of alkyl halides is 3. The molecular formula is C13H15F3N2. The second kappa shape index (κ2) is 6.41. The first-order valence-electron chi connectivity index (χ1n) is 5.67. The molecule has 98 valence electrons. The summed E-state index contributed by atoms with van der Waals surface area (Å²) in [5.74, 6) is 0.0385. The Hall–Kier alpha value is -1.54. The molecular weight excluding hydrogens is 241 g/mol. The van der Waals surface area contributed by atoms with E-state index in [0.717, 1.165) is 5.56 Å². The van der Waals surface area contributed by atoms with Gasteiger partial charge in [0, 0.05) is 0 Å². The van der Waals surface area contributed by atoms with Gasteiger partial charge in [0.05, 0.1) is 18.7 Å². The third kappa shape index (κ3) is 5.19. The Bertz CT molecular complexity index is 395. The maximum atomic E-state index is 12.0. The molecule has 1 rings (SSSR count). The van der Waals surface area contributed by atoms with E-state index in [1.165, 1.54) is 0 Å². The molecule has 0 saturated carbocycles.